The van der Waals surface area contributed by atoms with Crippen LogP contribution in [-0.4, -0.2) is 23.0 Å². The van der Waals surface area contributed by atoms with Gasteiger partial charge in [-0.25, -0.2) is 0 Å². The molecule has 2 unspecified atom stereocenters. The molecule has 84 valence electrons. The van der Waals surface area contributed by atoms with E-state index in [0.29, 0.717) is 6.61 Å². The van der Waals surface area contributed by atoms with Gasteiger partial charge in [0.05, 0.1) is 12.5 Å². The summed E-state index contributed by atoms with van der Waals surface area (Å²) in [5, 5.41) is 0. The second kappa shape index (κ2) is 9.14. The summed E-state index contributed by atoms with van der Waals surface area (Å²) in [5.41, 5.74) is 0. The largest absolute Gasteiger partial charge is 0.466 e. The molecule has 0 bridgehead atoms. The summed E-state index contributed by atoms with van der Waals surface area (Å²) in [5.74, 6) is -0.0874. The van der Waals surface area contributed by atoms with E-state index < -0.39 is 0 Å². The third-order valence-corrected chi connectivity index (χ3v) is 3.50. The summed E-state index contributed by atoms with van der Waals surface area (Å²) in [4.78, 5) is 11.6. The molecule has 2 atom stereocenters. The molecule has 0 fully saturated rings. The van der Waals surface area contributed by atoms with Gasteiger partial charge in [0, 0.05) is 33.3 Å². The minimum Gasteiger partial charge on any atom is -0.466 e. The average Bonchev–Trinajstić information content (AvgIpc) is 2.18. The van der Waals surface area contributed by atoms with Crippen molar-refractivity contribution in [3.05, 3.63) is 0 Å². The van der Waals surface area contributed by atoms with Crippen LogP contribution < -0.4 is 3.53 Å². The number of carbonyl (C=O) groups excluding carboxylic acids is 1. The Kier molecular flexibility index (Phi) is 9.72. The van der Waals surface area contributed by atoms with Gasteiger partial charge in [-0.15, -0.1) is 0 Å². The van der Waals surface area contributed by atoms with Gasteiger partial charge in [-0.3, -0.25) is 8.32 Å². The Morgan fingerprint density at radius 1 is 1.50 bits per heavy atom. The lowest BCUT2D eigenvalue weighted by atomic mass is 9.96. The van der Waals surface area contributed by atoms with Crippen LogP contribution in [0, 0.1) is 5.92 Å². The van der Waals surface area contributed by atoms with Gasteiger partial charge < -0.3 is 4.74 Å². The Morgan fingerprint density at radius 2 is 2.14 bits per heavy atom. The molecule has 0 amide bonds. The van der Waals surface area contributed by atoms with E-state index in [0.717, 1.165) is 17.3 Å². The monoisotopic (exact) mass is 425 g/mol. The molecule has 0 aromatic heterocycles. The van der Waals surface area contributed by atoms with Crippen molar-refractivity contribution in [3.8, 4) is 0 Å². The smallest absolute Gasteiger partial charge is 0.310 e. The van der Waals surface area contributed by atoms with Gasteiger partial charge in [-0.05, 0) is 19.8 Å². The first-order chi connectivity index (χ1) is 6.71. The van der Waals surface area contributed by atoms with Crippen LogP contribution in [0.15, 0.2) is 0 Å². The average molecular weight is 425 g/mol. The molecule has 0 aliphatic rings. The molecule has 0 aromatic rings. The molecular weight excluding hydrogens is 408 g/mol. The van der Waals surface area contributed by atoms with Crippen molar-refractivity contribution < 1.29 is 9.53 Å². The van der Waals surface area contributed by atoms with Crippen LogP contribution in [0.25, 0.3) is 0 Å². The minimum atomic E-state index is -0.0750. The summed E-state index contributed by atoms with van der Waals surface area (Å²) in [6, 6.07) is 0.233. The van der Waals surface area contributed by atoms with Crippen LogP contribution in [0.4, 0.5) is 0 Å². The lowest BCUT2D eigenvalue weighted by Crippen LogP contribution is -2.36. The van der Waals surface area contributed by atoms with E-state index in [1.54, 1.807) is 0 Å². The summed E-state index contributed by atoms with van der Waals surface area (Å²) >= 11 is 4.44. The topological polar surface area (TPSA) is 38.3 Å². The SMILES string of the molecule is CCOC(=O)C(CC)C(CCI)NI. The van der Waals surface area contributed by atoms with Gasteiger partial charge in [0.25, 0.3) is 0 Å². The molecule has 14 heavy (non-hydrogen) atoms. The first kappa shape index (κ1) is 14.9. The lowest BCUT2D eigenvalue weighted by molar-refractivity contribution is -0.149. The fourth-order valence-electron chi connectivity index (χ4n) is 1.31. The minimum absolute atomic E-state index is 0.0124. The third-order valence-electron chi connectivity index (χ3n) is 2.08. The molecule has 0 aliphatic heterocycles. The second-order valence-electron chi connectivity index (χ2n) is 2.96. The van der Waals surface area contributed by atoms with E-state index in [4.69, 9.17) is 4.74 Å². The molecule has 1 N–H and O–H groups in total. The van der Waals surface area contributed by atoms with Gasteiger partial charge in [0.15, 0.2) is 0 Å². The van der Waals surface area contributed by atoms with E-state index in [2.05, 4.69) is 49.0 Å². The summed E-state index contributed by atoms with van der Waals surface area (Å²) < 4.78 is 9.25. The van der Waals surface area contributed by atoms with E-state index in [1.807, 2.05) is 13.8 Å². The van der Waals surface area contributed by atoms with Gasteiger partial charge in [-0.2, -0.15) is 0 Å². The Morgan fingerprint density at radius 3 is 2.50 bits per heavy atom. The molecule has 0 saturated carbocycles. The number of esters is 1. The quantitative estimate of drug-likeness (QED) is 0.295. The molecular formula is C9H17I2NO2. The van der Waals surface area contributed by atoms with Crippen molar-refractivity contribution in [2.45, 2.75) is 32.7 Å². The molecule has 0 rings (SSSR count). The Balaban J connectivity index is 4.26. The molecule has 0 radical (unpaired) electrons. The van der Waals surface area contributed by atoms with Crippen LogP contribution in [0.5, 0.6) is 0 Å². The summed E-state index contributed by atoms with van der Waals surface area (Å²) in [6.07, 6.45) is 1.83. The molecule has 3 nitrogen and oxygen atoms in total. The van der Waals surface area contributed by atoms with E-state index in [-0.39, 0.29) is 17.9 Å². The Hall–Kier alpha value is 0.890. The zero-order chi connectivity index (χ0) is 11.0. The number of halogens is 2. The summed E-state index contributed by atoms with van der Waals surface area (Å²) in [7, 11) is 0. The highest BCUT2D eigenvalue weighted by Gasteiger charge is 2.26. The molecule has 0 heterocycles. The highest BCUT2D eigenvalue weighted by atomic mass is 127. The normalized spacial score (nSPS) is 14.9. The molecule has 0 aromatic carbocycles. The van der Waals surface area contributed by atoms with Gasteiger partial charge in [0.1, 0.15) is 0 Å². The first-order valence-corrected chi connectivity index (χ1v) is 7.40. The van der Waals surface area contributed by atoms with Crippen molar-refractivity contribution in [1.29, 1.82) is 0 Å². The number of nitrogens with one attached hydrogen (secondary N) is 1. The number of carbonyl (C=O) groups is 1. The zero-order valence-corrected chi connectivity index (χ0v) is 12.9. The van der Waals surface area contributed by atoms with Gasteiger partial charge in [-0.1, -0.05) is 29.5 Å². The van der Waals surface area contributed by atoms with Crippen molar-refractivity contribution in [1.82, 2.24) is 3.53 Å². The maximum absolute atomic E-state index is 11.6. The van der Waals surface area contributed by atoms with Crippen LogP contribution >= 0.6 is 45.5 Å². The highest BCUT2D eigenvalue weighted by Crippen LogP contribution is 2.16. The number of ether oxygens (including phenoxy) is 1. The van der Waals surface area contributed by atoms with Crippen molar-refractivity contribution in [2.75, 3.05) is 11.0 Å². The van der Waals surface area contributed by atoms with Crippen LogP contribution in [0.1, 0.15) is 26.7 Å². The molecule has 0 aliphatic carbocycles. The number of hydrogen-bond acceptors (Lipinski definition) is 3. The molecule has 5 heteroatoms. The summed E-state index contributed by atoms with van der Waals surface area (Å²) in [6.45, 7) is 4.33. The van der Waals surface area contributed by atoms with Crippen molar-refractivity contribution in [2.24, 2.45) is 5.92 Å². The second-order valence-corrected chi connectivity index (χ2v) is 4.66. The lowest BCUT2D eigenvalue weighted by Gasteiger charge is -2.22. The fourth-order valence-corrected chi connectivity index (χ4v) is 2.73. The standard InChI is InChI=1S/C9H17I2NO2/c1-3-7(9(13)14-4-2)8(12-11)5-6-10/h7-8,12H,3-6H2,1-2H3. The van der Waals surface area contributed by atoms with Crippen molar-refractivity contribution >= 4 is 51.4 Å². The third kappa shape index (κ3) is 5.11. The van der Waals surface area contributed by atoms with E-state index in [9.17, 15) is 4.79 Å². The zero-order valence-electron chi connectivity index (χ0n) is 8.56. The first-order valence-electron chi connectivity index (χ1n) is 4.79. The maximum atomic E-state index is 11.6. The number of alkyl halides is 1. The fraction of sp³-hybridized carbons (Fsp3) is 0.889. The molecule has 0 spiro atoms. The number of hydrogen-bond donors (Lipinski definition) is 1. The van der Waals surface area contributed by atoms with E-state index in [1.165, 1.54) is 0 Å². The molecule has 0 saturated heterocycles. The van der Waals surface area contributed by atoms with Crippen molar-refractivity contribution in [3.63, 3.8) is 0 Å². The van der Waals surface area contributed by atoms with Crippen LogP contribution in [0.3, 0.4) is 0 Å². The van der Waals surface area contributed by atoms with Gasteiger partial charge in [0.2, 0.25) is 0 Å². The Bertz CT molecular complexity index is 167. The predicted octanol–water partition coefficient (Wildman–Crippen LogP) is 2.71. The number of rotatable bonds is 7. The van der Waals surface area contributed by atoms with Gasteiger partial charge >= 0.3 is 5.97 Å². The predicted molar refractivity (Wildman–Crippen MR) is 74.9 cm³/mol. The van der Waals surface area contributed by atoms with E-state index >= 15 is 0 Å². The van der Waals surface area contributed by atoms with Crippen LogP contribution in [0.2, 0.25) is 0 Å². The highest BCUT2D eigenvalue weighted by molar-refractivity contribution is 14.1. The Labute approximate surface area is 113 Å². The van der Waals surface area contributed by atoms with Crippen LogP contribution in [-0.2, 0) is 9.53 Å². The maximum Gasteiger partial charge on any atom is 0.310 e.